The van der Waals surface area contributed by atoms with Crippen LogP contribution in [-0.4, -0.2) is 18.2 Å². The maximum atomic E-state index is 13.0. The van der Waals surface area contributed by atoms with Crippen LogP contribution in [0.25, 0.3) is 0 Å². The molecule has 1 saturated carbocycles. The summed E-state index contributed by atoms with van der Waals surface area (Å²) >= 11 is 0. The predicted octanol–water partition coefficient (Wildman–Crippen LogP) is 1.46. The average Bonchev–Trinajstić information content (AvgIpc) is 2.65. The van der Waals surface area contributed by atoms with E-state index in [1.807, 2.05) is 0 Å². The van der Waals surface area contributed by atoms with Gasteiger partial charge in [-0.25, -0.2) is 4.39 Å². The Hall–Kier alpha value is -0.860. The highest BCUT2D eigenvalue weighted by atomic mass is 19.1. The van der Waals surface area contributed by atoms with Crippen LogP contribution in [0.3, 0.4) is 0 Å². The molecule has 0 radical (unpaired) electrons. The summed E-state index contributed by atoms with van der Waals surface area (Å²) in [5.41, 5.74) is -1.48. The number of ether oxygens (including phenoxy) is 1. The molecule has 0 heterocycles. The molecule has 2 atom stereocenters. The minimum absolute atomic E-state index is 0.231. The molecule has 0 amide bonds. The van der Waals surface area contributed by atoms with Crippen molar-refractivity contribution in [1.29, 1.82) is 0 Å². The zero-order valence-electron chi connectivity index (χ0n) is 6.47. The third kappa shape index (κ3) is 1.42. The molecule has 0 unspecified atom stereocenters. The minimum atomic E-state index is -1.48. The summed E-state index contributed by atoms with van der Waals surface area (Å²) in [6.45, 7) is 5.32. The second kappa shape index (κ2) is 2.64. The summed E-state index contributed by atoms with van der Waals surface area (Å²) in [6, 6.07) is 0. The number of carbonyl (C=O) groups excluding carboxylic acids is 1. The summed E-state index contributed by atoms with van der Waals surface area (Å²) in [5, 5.41) is 0. The van der Waals surface area contributed by atoms with Gasteiger partial charge in [0.25, 0.3) is 0 Å². The lowest BCUT2D eigenvalue weighted by atomic mass is 10.3. The van der Waals surface area contributed by atoms with Crippen LogP contribution < -0.4 is 0 Å². The molecule has 1 fully saturated rings. The Morgan fingerprint density at radius 1 is 2.00 bits per heavy atom. The van der Waals surface area contributed by atoms with Crippen molar-refractivity contribution >= 4 is 5.97 Å². The van der Waals surface area contributed by atoms with Gasteiger partial charge in [-0.05, 0) is 6.92 Å². The Morgan fingerprint density at radius 3 is 3.00 bits per heavy atom. The number of rotatable bonds is 3. The molecule has 0 aliphatic heterocycles. The number of allylic oxidation sites excluding steroid dienone is 1. The molecule has 0 aromatic rings. The van der Waals surface area contributed by atoms with Crippen LogP contribution in [0.15, 0.2) is 12.7 Å². The van der Waals surface area contributed by atoms with Crippen LogP contribution in [0.4, 0.5) is 4.39 Å². The van der Waals surface area contributed by atoms with E-state index >= 15 is 0 Å². The van der Waals surface area contributed by atoms with Gasteiger partial charge in [0.15, 0.2) is 0 Å². The van der Waals surface area contributed by atoms with Gasteiger partial charge in [-0.1, -0.05) is 12.7 Å². The van der Waals surface area contributed by atoms with Gasteiger partial charge in [-0.2, -0.15) is 0 Å². The molecule has 0 saturated heterocycles. The third-order valence-electron chi connectivity index (χ3n) is 1.85. The Morgan fingerprint density at radius 2 is 2.64 bits per heavy atom. The zero-order valence-corrected chi connectivity index (χ0v) is 6.47. The third-order valence-corrected chi connectivity index (χ3v) is 1.85. The van der Waals surface area contributed by atoms with Crippen LogP contribution in [0.1, 0.15) is 13.3 Å². The van der Waals surface area contributed by atoms with Crippen molar-refractivity contribution in [3.63, 3.8) is 0 Å². The largest absolute Gasteiger partial charge is 0.466 e. The number of halogens is 1. The topological polar surface area (TPSA) is 26.3 Å². The molecule has 1 aliphatic carbocycles. The average molecular weight is 158 g/mol. The highest BCUT2D eigenvalue weighted by molar-refractivity contribution is 5.78. The van der Waals surface area contributed by atoms with Crippen molar-refractivity contribution in [3.05, 3.63) is 12.7 Å². The van der Waals surface area contributed by atoms with Gasteiger partial charge in [0, 0.05) is 6.42 Å². The van der Waals surface area contributed by atoms with Gasteiger partial charge in [0.2, 0.25) is 0 Å². The van der Waals surface area contributed by atoms with Crippen LogP contribution in [0.2, 0.25) is 0 Å². The van der Waals surface area contributed by atoms with Gasteiger partial charge < -0.3 is 4.74 Å². The molecule has 0 aromatic carbocycles. The van der Waals surface area contributed by atoms with Crippen molar-refractivity contribution in [2.24, 2.45) is 5.92 Å². The second-order valence-corrected chi connectivity index (χ2v) is 2.64. The van der Waals surface area contributed by atoms with Gasteiger partial charge >= 0.3 is 5.97 Å². The highest BCUT2D eigenvalue weighted by Gasteiger charge is 2.58. The molecule has 1 aliphatic rings. The summed E-state index contributed by atoms with van der Waals surface area (Å²) in [6.07, 6.45) is 1.41. The molecular weight excluding hydrogens is 147 g/mol. The minimum Gasteiger partial charge on any atom is -0.466 e. The summed E-state index contributed by atoms with van der Waals surface area (Å²) in [7, 11) is 0. The lowest BCUT2D eigenvalue weighted by Crippen LogP contribution is -2.12. The number of esters is 1. The molecule has 0 bridgehead atoms. The van der Waals surface area contributed by atoms with E-state index in [-0.39, 0.29) is 6.42 Å². The van der Waals surface area contributed by atoms with Crippen LogP contribution >= 0.6 is 0 Å². The summed E-state index contributed by atoms with van der Waals surface area (Å²) < 4.78 is 17.7. The predicted molar refractivity (Wildman–Crippen MR) is 38.8 cm³/mol. The van der Waals surface area contributed by atoms with Crippen molar-refractivity contribution in [3.8, 4) is 0 Å². The molecular formula is C8H11FO2. The first-order valence-electron chi connectivity index (χ1n) is 3.63. The molecule has 0 aromatic heterocycles. The molecule has 1 rings (SSSR count). The van der Waals surface area contributed by atoms with Crippen LogP contribution in [-0.2, 0) is 9.53 Å². The number of carbonyl (C=O) groups is 1. The molecule has 0 N–H and O–H groups in total. The van der Waals surface area contributed by atoms with Crippen LogP contribution in [0, 0.1) is 5.92 Å². The number of alkyl halides is 1. The standard InChI is InChI=1S/C8H11FO2/c1-3-8(9)5-6(8)7(10)11-4-2/h3,6H,1,4-5H2,2H3/t6-,8+/m1/s1. The van der Waals surface area contributed by atoms with Gasteiger partial charge in [0.1, 0.15) is 5.67 Å². The Labute approximate surface area is 65.0 Å². The molecule has 11 heavy (non-hydrogen) atoms. The Kier molecular flexibility index (Phi) is 1.98. The number of hydrogen-bond acceptors (Lipinski definition) is 2. The van der Waals surface area contributed by atoms with Gasteiger partial charge in [-0.15, -0.1) is 0 Å². The second-order valence-electron chi connectivity index (χ2n) is 2.64. The first-order chi connectivity index (χ1) is 5.14. The van der Waals surface area contributed by atoms with Crippen LogP contribution in [0.5, 0.6) is 0 Å². The lowest BCUT2D eigenvalue weighted by Gasteiger charge is -2.00. The first kappa shape index (κ1) is 8.24. The highest BCUT2D eigenvalue weighted by Crippen LogP contribution is 2.48. The maximum Gasteiger partial charge on any atom is 0.312 e. The lowest BCUT2D eigenvalue weighted by molar-refractivity contribution is -0.145. The fraction of sp³-hybridized carbons (Fsp3) is 0.625. The van der Waals surface area contributed by atoms with E-state index in [4.69, 9.17) is 0 Å². The Bertz CT molecular complexity index is 191. The van der Waals surface area contributed by atoms with E-state index in [0.29, 0.717) is 6.61 Å². The Balaban J connectivity index is 2.42. The molecule has 3 heteroatoms. The molecule has 0 spiro atoms. The van der Waals surface area contributed by atoms with Gasteiger partial charge in [-0.3, -0.25) is 4.79 Å². The smallest absolute Gasteiger partial charge is 0.312 e. The SMILES string of the molecule is C=C[C@]1(F)C[C@@H]1C(=O)OCC. The normalized spacial score (nSPS) is 34.5. The number of hydrogen-bond donors (Lipinski definition) is 0. The van der Waals surface area contributed by atoms with E-state index in [0.717, 1.165) is 0 Å². The van der Waals surface area contributed by atoms with Crippen molar-refractivity contribution < 1.29 is 13.9 Å². The maximum absolute atomic E-state index is 13.0. The quantitative estimate of drug-likeness (QED) is 0.459. The van der Waals surface area contributed by atoms with Crippen molar-refractivity contribution in [1.82, 2.24) is 0 Å². The van der Waals surface area contributed by atoms with Crippen molar-refractivity contribution in [2.45, 2.75) is 19.0 Å². The summed E-state index contributed by atoms with van der Waals surface area (Å²) in [4.78, 5) is 10.9. The van der Waals surface area contributed by atoms with E-state index < -0.39 is 17.6 Å². The van der Waals surface area contributed by atoms with E-state index in [1.165, 1.54) is 6.08 Å². The fourth-order valence-electron chi connectivity index (χ4n) is 1.00. The fourth-order valence-corrected chi connectivity index (χ4v) is 1.00. The van der Waals surface area contributed by atoms with E-state index in [1.54, 1.807) is 6.92 Å². The van der Waals surface area contributed by atoms with E-state index in [9.17, 15) is 9.18 Å². The van der Waals surface area contributed by atoms with E-state index in [2.05, 4.69) is 11.3 Å². The van der Waals surface area contributed by atoms with Crippen molar-refractivity contribution in [2.75, 3.05) is 6.61 Å². The first-order valence-corrected chi connectivity index (χ1v) is 3.63. The molecule has 62 valence electrons. The molecule has 2 nitrogen and oxygen atoms in total. The zero-order chi connectivity index (χ0) is 8.48. The summed E-state index contributed by atoms with van der Waals surface area (Å²) in [5.74, 6) is -1.05. The van der Waals surface area contributed by atoms with Gasteiger partial charge in [0.05, 0.1) is 12.5 Å². The monoisotopic (exact) mass is 158 g/mol.